The van der Waals surface area contributed by atoms with Crippen molar-refractivity contribution in [3.05, 3.63) is 11.5 Å². The van der Waals surface area contributed by atoms with Crippen LogP contribution in [0.15, 0.2) is 9.42 Å². The number of nitrogens with zero attached hydrogens (tertiary/aromatic N) is 2. The molecule has 0 aliphatic carbocycles. The van der Waals surface area contributed by atoms with Crippen LogP contribution in [0.5, 0.6) is 0 Å². The Kier molecular flexibility index (Phi) is 6.14. The van der Waals surface area contributed by atoms with E-state index in [0.717, 1.165) is 19.4 Å². The summed E-state index contributed by atoms with van der Waals surface area (Å²) in [5, 5.41) is 6.83. The number of aromatic nitrogens is 1. The van der Waals surface area contributed by atoms with Gasteiger partial charge in [0.15, 0.2) is 5.76 Å². The Labute approximate surface area is 166 Å². The molecule has 0 saturated carbocycles. The molecule has 2 saturated heterocycles. The van der Waals surface area contributed by atoms with Gasteiger partial charge >= 0.3 is 0 Å². The zero-order valence-electron chi connectivity index (χ0n) is 16.9. The maximum absolute atomic E-state index is 13.0. The highest BCUT2D eigenvalue weighted by atomic mass is 32.2. The highest BCUT2D eigenvalue weighted by molar-refractivity contribution is 7.89. The molecular formula is C18H30N4O5S. The Morgan fingerprint density at radius 2 is 2.00 bits per heavy atom. The Balaban J connectivity index is 1.86. The van der Waals surface area contributed by atoms with Gasteiger partial charge in [-0.25, -0.2) is 8.42 Å². The number of rotatable bonds is 5. The van der Waals surface area contributed by atoms with Crippen LogP contribution in [0.3, 0.4) is 0 Å². The first-order valence-corrected chi connectivity index (χ1v) is 11.2. The Morgan fingerprint density at radius 3 is 2.57 bits per heavy atom. The van der Waals surface area contributed by atoms with Crippen molar-refractivity contribution in [2.75, 3.05) is 32.8 Å². The molecular weight excluding hydrogens is 384 g/mol. The first kappa shape index (κ1) is 21.2. The summed E-state index contributed by atoms with van der Waals surface area (Å²) in [5.41, 5.74) is -0.105. The normalized spacial score (nSPS) is 23.8. The van der Waals surface area contributed by atoms with Gasteiger partial charge in [0.1, 0.15) is 16.6 Å². The minimum absolute atomic E-state index is 0.000682. The minimum Gasteiger partial charge on any atom is -0.381 e. The SMILES string of the molecule is Cc1noc(C)c1S(=O)(=O)NC1CN(CC(C)C)CC2(CCOCC2)NC1=O. The van der Waals surface area contributed by atoms with E-state index < -0.39 is 16.1 Å². The molecule has 3 rings (SSSR count). The fourth-order valence-corrected chi connectivity index (χ4v) is 5.63. The molecule has 2 fully saturated rings. The van der Waals surface area contributed by atoms with E-state index >= 15 is 0 Å². The Bertz CT molecular complexity index is 794. The maximum Gasteiger partial charge on any atom is 0.246 e. The number of carbonyl (C=O) groups excluding carboxylic acids is 1. The molecule has 1 amide bonds. The zero-order valence-corrected chi connectivity index (χ0v) is 17.8. The lowest BCUT2D eigenvalue weighted by Crippen LogP contribution is -2.57. The lowest BCUT2D eigenvalue weighted by molar-refractivity contribution is -0.124. The molecule has 2 N–H and O–H groups in total. The van der Waals surface area contributed by atoms with Crippen molar-refractivity contribution in [2.24, 2.45) is 5.92 Å². The molecule has 1 unspecified atom stereocenters. The summed E-state index contributed by atoms with van der Waals surface area (Å²) in [6, 6.07) is -0.889. The molecule has 2 aliphatic heterocycles. The van der Waals surface area contributed by atoms with E-state index in [1.807, 2.05) is 0 Å². The molecule has 158 valence electrons. The van der Waals surface area contributed by atoms with Crippen molar-refractivity contribution >= 4 is 15.9 Å². The van der Waals surface area contributed by atoms with Crippen LogP contribution < -0.4 is 10.0 Å². The summed E-state index contributed by atoms with van der Waals surface area (Å²) < 4.78 is 38.9. The standard InChI is InChI=1S/C18H30N4O5S/c1-12(2)9-22-10-15(17(23)19-18(11-22)5-7-26-8-6-18)21-28(24,25)16-13(3)20-27-14(16)4/h12,15,21H,5-11H2,1-4H3,(H,19,23). The lowest BCUT2D eigenvalue weighted by atomic mass is 9.89. The van der Waals surface area contributed by atoms with E-state index in [1.165, 1.54) is 0 Å². The maximum atomic E-state index is 13.0. The number of sulfonamides is 1. The summed E-state index contributed by atoms with van der Waals surface area (Å²) in [6.07, 6.45) is 1.44. The van der Waals surface area contributed by atoms with Crippen LogP contribution in [0, 0.1) is 19.8 Å². The second-order valence-electron chi connectivity index (χ2n) is 8.30. The van der Waals surface area contributed by atoms with E-state index in [-0.39, 0.29) is 27.8 Å². The zero-order chi connectivity index (χ0) is 20.5. The van der Waals surface area contributed by atoms with Gasteiger partial charge in [-0.3, -0.25) is 9.69 Å². The molecule has 2 aliphatic rings. The van der Waals surface area contributed by atoms with E-state index in [9.17, 15) is 13.2 Å². The number of aryl methyl sites for hydroxylation is 2. The highest BCUT2D eigenvalue weighted by Crippen LogP contribution is 2.26. The molecule has 10 heteroatoms. The fourth-order valence-electron chi connectivity index (χ4n) is 4.12. The highest BCUT2D eigenvalue weighted by Gasteiger charge is 2.42. The smallest absolute Gasteiger partial charge is 0.246 e. The second kappa shape index (κ2) is 8.10. The van der Waals surface area contributed by atoms with Gasteiger partial charge in [0.2, 0.25) is 15.9 Å². The van der Waals surface area contributed by atoms with Gasteiger partial charge < -0.3 is 14.6 Å². The molecule has 0 radical (unpaired) electrons. The van der Waals surface area contributed by atoms with Crippen LogP contribution >= 0.6 is 0 Å². The van der Waals surface area contributed by atoms with Crippen LogP contribution in [0.4, 0.5) is 0 Å². The van der Waals surface area contributed by atoms with Crippen LogP contribution in [0.25, 0.3) is 0 Å². The minimum atomic E-state index is -3.94. The van der Waals surface area contributed by atoms with Gasteiger partial charge in [-0.1, -0.05) is 19.0 Å². The number of hydrogen-bond donors (Lipinski definition) is 2. The molecule has 1 spiro atoms. The number of nitrogens with one attached hydrogen (secondary N) is 2. The van der Waals surface area contributed by atoms with Crippen molar-refractivity contribution < 1.29 is 22.5 Å². The van der Waals surface area contributed by atoms with Gasteiger partial charge in [-0.15, -0.1) is 0 Å². The fraction of sp³-hybridized carbons (Fsp3) is 0.778. The number of amides is 1. The number of hydrogen-bond acceptors (Lipinski definition) is 7. The van der Waals surface area contributed by atoms with Gasteiger partial charge in [0, 0.05) is 32.8 Å². The summed E-state index contributed by atoms with van der Waals surface area (Å²) in [4.78, 5) is 15.2. The molecule has 9 nitrogen and oxygen atoms in total. The quantitative estimate of drug-likeness (QED) is 0.724. The van der Waals surface area contributed by atoms with Crippen molar-refractivity contribution in [3.8, 4) is 0 Å². The van der Waals surface area contributed by atoms with E-state index in [1.54, 1.807) is 13.8 Å². The summed E-state index contributed by atoms with van der Waals surface area (Å²) in [5.74, 6) is 0.298. The van der Waals surface area contributed by atoms with Crippen molar-refractivity contribution in [2.45, 2.75) is 57.0 Å². The van der Waals surface area contributed by atoms with Crippen LogP contribution in [0.2, 0.25) is 0 Å². The van der Waals surface area contributed by atoms with Crippen molar-refractivity contribution in [3.63, 3.8) is 0 Å². The third kappa shape index (κ3) is 4.56. The van der Waals surface area contributed by atoms with Gasteiger partial charge in [0.05, 0.1) is 5.54 Å². The number of ether oxygens (including phenoxy) is 1. The third-order valence-electron chi connectivity index (χ3n) is 5.28. The molecule has 1 atom stereocenters. The molecule has 0 aromatic carbocycles. The molecule has 3 heterocycles. The second-order valence-corrected chi connectivity index (χ2v) is 9.95. The molecule has 0 bridgehead atoms. The molecule has 1 aromatic rings. The summed E-state index contributed by atoms with van der Waals surface area (Å²) >= 11 is 0. The molecule has 28 heavy (non-hydrogen) atoms. The average molecular weight is 415 g/mol. The molecule has 1 aromatic heterocycles. The predicted octanol–water partition coefficient (Wildman–Crippen LogP) is 0.575. The predicted molar refractivity (Wildman–Crippen MR) is 102 cm³/mol. The van der Waals surface area contributed by atoms with Crippen molar-refractivity contribution in [1.29, 1.82) is 0 Å². The van der Waals surface area contributed by atoms with Crippen LogP contribution in [-0.4, -0.2) is 68.8 Å². The first-order valence-electron chi connectivity index (χ1n) is 9.69. The third-order valence-corrected chi connectivity index (χ3v) is 6.99. The van der Waals surface area contributed by atoms with E-state index in [4.69, 9.17) is 9.26 Å². The van der Waals surface area contributed by atoms with Crippen LogP contribution in [-0.2, 0) is 19.6 Å². The first-order chi connectivity index (χ1) is 13.1. The van der Waals surface area contributed by atoms with Crippen molar-refractivity contribution in [1.82, 2.24) is 20.1 Å². The van der Waals surface area contributed by atoms with Gasteiger partial charge in [-0.05, 0) is 32.6 Å². The average Bonchev–Trinajstić information content (AvgIpc) is 2.87. The van der Waals surface area contributed by atoms with Gasteiger partial charge in [-0.2, -0.15) is 4.72 Å². The number of carbonyl (C=O) groups is 1. The topological polar surface area (TPSA) is 114 Å². The van der Waals surface area contributed by atoms with E-state index in [2.05, 4.69) is 33.9 Å². The van der Waals surface area contributed by atoms with Crippen LogP contribution in [0.1, 0.15) is 38.1 Å². The Hall–Kier alpha value is -1.49. The Morgan fingerprint density at radius 1 is 1.32 bits per heavy atom. The summed E-state index contributed by atoms with van der Waals surface area (Å²) in [6.45, 7) is 10.3. The monoisotopic (exact) mass is 414 g/mol. The summed E-state index contributed by atoms with van der Waals surface area (Å²) in [7, 11) is -3.94. The largest absolute Gasteiger partial charge is 0.381 e. The van der Waals surface area contributed by atoms with Gasteiger partial charge in [0.25, 0.3) is 0 Å². The lowest BCUT2D eigenvalue weighted by Gasteiger charge is -2.39. The van der Waals surface area contributed by atoms with E-state index in [0.29, 0.717) is 32.2 Å².